The number of nitrogens with zero attached hydrogens (tertiary/aromatic N) is 1. The molecule has 1 fully saturated rings. The van der Waals surface area contributed by atoms with Crippen molar-refractivity contribution in [3.05, 3.63) is 72.0 Å². The number of piperidine rings is 1. The third kappa shape index (κ3) is 8.12. The van der Waals surface area contributed by atoms with E-state index >= 15 is 0 Å². The van der Waals surface area contributed by atoms with Crippen LogP contribution in [0, 0.1) is 5.82 Å². The first-order valence-corrected chi connectivity index (χ1v) is 14.5. The number of aromatic hydroxyl groups is 1. The molecule has 0 atom stereocenters. The zero-order valence-corrected chi connectivity index (χ0v) is 22.6. The molecule has 12 heteroatoms. The van der Waals surface area contributed by atoms with Gasteiger partial charge in [-0.1, -0.05) is 12.1 Å². The molecule has 1 aliphatic rings. The second kappa shape index (κ2) is 12.2. The number of carbonyl (C=O) groups is 1. The van der Waals surface area contributed by atoms with E-state index in [1.165, 1.54) is 30.3 Å². The monoisotopic (exact) mass is 577 g/mol. The van der Waals surface area contributed by atoms with Gasteiger partial charge in [-0.2, -0.15) is 0 Å². The number of sulfonamides is 1. The maximum atomic E-state index is 13.5. The van der Waals surface area contributed by atoms with Crippen molar-refractivity contribution in [1.82, 2.24) is 4.90 Å². The summed E-state index contributed by atoms with van der Waals surface area (Å²) in [5, 5.41) is 12.6. The zero-order chi connectivity index (χ0) is 28.9. The highest BCUT2D eigenvalue weighted by molar-refractivity contribution is 7.92. The molecule has 0 saturated carbocycles. The molecule has 214 valence electrons. The summed E-state index contributed by atoms with van der Waals surface area (Å²) in [5.74, 6) is -3.44. The second-order valence-electron chi connectivity index (χ2n) is 9.68. The molecule has 1 heterocycles. The van der Waals surface area contributed by atoms with Crippen molar-refractivity contribution in [2.45, 2.75) is 25.2 Å². The average molecular weight is 578 g/mol. The molecule has 0 unspecified atom stereocenters. The van der Waals surface area contributed by atoms with Crippen LogP contribution in [0.2, 0.25) is 0 Å². The number of phenolic OH excluding ortho intramolecular Hbond substituents is 1. The lowest BCUT2D eigenvalue weighted by Gasteiger charge is -2.31. The number of halogens is 3. The van der Waals surface area contributed by atoms with Gasteiger partial charge < -0.3 is 20.1 Å². The molecule has 1 amide bonds. The van der Waals surface area contributed by atoms with Gasteiger partial charge >= 0.3 is 0 Å². The second-order valence-corrected chi connectivity index (χ2v) is 11.4. The van der Waals surface area contributed by atoms with Crippen molar-refractivity contribution >= 4 is 27.3 Å². The molecular weight excluding hydrogens is 547 g/mol. The summed E-state index contributed by atoms with van der Waals surface area (Å²) < 4.78 is 71.7. The van der Waals surface area contributed by atoms with E-state index in [2.05, 4.69) is 10.0 Å². The van der Waals surface area contributed by atoms with E-state index in [-0.39, 0.29) is 42.1 Å². The van der Waals surface area contributed by atoms with Crippen LogP contribution in [0.3, 0.4) is 0 Å². The number of alkyl halides is 2. The summed E-state index contributed by atoms with van der Waals surface area (Å²) in [6.07, 6.45) is 1.19. The van der Waals surface area contributed by atoms with Crippen molar-refractivity contribution in [1.29, 1.82) is 0 Å². The molecule has 0 bridgehead atoms. The molecule has 3 aromatic carbocycles. The van der Waals surface area contributed by atoms with Crippen molar-refractivity contribution in [3.8, 4) is 22.6 Å². The largest absolute Gasteiger partial charge is 0.506 e. The summed E-state index contributed by atoms with van der Waals surface area (Å²) in [4.78, 5) is 15.0. The van der Waals surface area contributed by atoms with Gasteiger partial charge in [-0.3, -0.25) is 9.52 Å². The summed E-state index contributed by atoms with van der Waals surface area (Å²) in [6, 6.07) is 14.6. The van der Waals surface area contributed by atoms with Crippen LogP contribution in [0.5, 0.6) is 11.5 Å². The van der Waals surface area contributed by atoms with Crippen molar-refractivity contribution in [2.75, 3.05) is 42.5 Å². The number of hydrogen-bond donors (Lipinski definition) is 3. The first-order valence-electron chi connectivity index (χ1n) is 12.6. The van der Waals surface area contributed by atoms with Crippen LogP contribution >= 0.6 is 0 Å². The lowest BCUT2D eigenvalue weighted by molar-refractivity contribution is -0.0554. The minimum absolute atomic E-state index is 0.0894. The third-order valence-electron chi connectivity index (χ3n) is 6.41. The van der Waals surface area contributed by atoms with E-state index in [9.17, 15) is 31.5 Å². The Bertz CT molecular complexity index is 1460. The minimum Gasteiger partial charge on any atom is -0.506 e. The molecular formula is C28H30F3N3O5S. The number of amides is 1. The van der Waals surface area contributed by atoms with Gasteiger partial charge in [-0.05, 0) is 60.5 Å². The van der Waals surface area contributed by atoms with E-state index < -0.39 is 27.7 Å². The van der Waals surface area contributed by atoms with Crippen LogP contribution in [0.1, 0.15) is 29.6 Å². The highest BCUT2D eigenvalue weighted by atomic mass is 32.2. The zero-order valence-electron chi connectivity index (χ0n) is 21.8. The predicted molar refractivity (Wildman–Crippen MR) is 147 cm³/mol. The topological polar surface area (TPSA) is 108 Å². The smallest absolute Gasteiger partial charge is 0.255 e. The fourth-order valence-electron chi connectivity index (χ4n) is 4.32. The molecule has 1 saturated heterocycles. The molecule has 8 nitrogen and oxygen atoms in total. The number of likely N-dealkylation sites (tertiary alicyclic amines) is 1. The Balaban J connectivity index is 1.49. The van der Waals surface area contributed by atoms with Crippen LogP contribution in [-0.2, 0) is 10.0 Å². The standard InChI is InChI=1S/C28H30F3N3O5S/c1-40(37,38)33-24-18-22(8-10-25(24)35)32-27(36)20-5-9-23(19-3-6-21(29)7-4-19)26(17-20)39-16-2-13-34-14-11-28(30,31)12-15-34/h3-10,17-18,33,35H,2,11-16H2,1H3,(H,32,36). The summed E-state index contributed by atoms with van der Waals surface area (Å²) >= 11 is 0. The molecule has 1 aliphatic heterocycles. The fourth-order valence-corrected chi connectivity index (χ4v) is 4.89. The quantitative estimate of drug-likeness (QED) is 0.171. The van der Waals surface area contributed by atoms with E-state index in [0.29, 0.717) is 42.9 Å². The molecule has 4 rings (SSSR count). The minimum atomic E-state index is -3.66. The lowest BCUT2D eigenvalue weighted by atomic mass is 10.0. The summed E-state index contributed by atoms with van der Waals surface area (Å²) in [5.41, 5.74) is 1.71. The Morgan fingerprint density at radius 1 is 1.05 bits per heavy atom. The number of carbonyl (C=O) groups excluding carboxylic acids is 1. The number of rotatable bonds is 10. The first-order chi connectivity index (χ1) is 18.9. The SMILES string of the molecule is CS(=O)(=O)Nc1cc(NC(=O)c2ccc(-c3ccc(F)cc3)c(OCCCN3CCC(F)(F)CC3)c2)ccc1O. The Morgan fingerprint density at radius 2 is 1.75 bits per heavy atom. The lowest BCUT2D eigenvalue weighted by Crippen LogP contribution is -2.40. The number of nitrogens with one attached hydrogen (secondary N) is 2. The van der Waals surface area contributed by atoms with Crippen LogP contribution in [-0.4, -0.2) is 62.8 Å². The van der Waals surface area contributed by atoms with Crippen molar-refractivity contribution in [3.63, 3.8) is 0 Å². The van der Waals surface area contributed by atoms with Gasteiger partial charge in [0.1, 0.15) is 17.3 Å². The molecule has 0 aliphatic carbocycles. The van der Waals surface area contributed by atoms with Crippen molar-refractivity contribution < 1.29 is 36.2 Å². The molecule has 40 heavy (non-hydrogen) atoms. The first kappa shape index (κ1) is 29.2. The number of hydrogen-bond acceptors (Lipinski definition) is 6. The molecule has 0 spiro atoms. The van der Waals surface area contributed by atoms with E-state index in [1.807, 2.05) is 4.90 Å². The number of phenols is 1. The molecule has 0 radical (unpaired) electrons. The van der Waals surface area contributed by atoms with Gasteiger partial charge in [0.25, 0.3) is 11.8 Å². The Hall–Kier alpha value is -3.77. The fraction of sp³-hybridized carbons (Fsp3) is 0.321. The molecule has 3 aromatic rings. The van der Waals surface area contributed by atoms with Crippen LogP contribution in [0.4, 0.5) is 24.5 Å². The maximum absolute atomic E-state index is 13.5. The normalized spacial score (nSPS) is 15.4. The summed E-state index contributed by atoms with van der Waals surface area (Å²) in [7, 11) is -3.66. The van der Waals surface area contributed by atoms with Gasteiger partial charge in [0.15, 0.2) is 0 Å². The van der Waals surface area contributed by atoms with Crippen LogP contribution in [0.15, 0.2) is 60.7 Å². The Labute approximate surface area is 230 Å². The Morgan fingerprint density at radius 3 is 2.42 bits per heavy atom. The number of ether oxygens (including phenoxy) is 1. The number of anilines is 2. The Kier molecular flexibility index (Phi) is 8.89. The summed E-state index contributed by atoms with van der Waals surface area (Å²) in [6.45, 7) is 1.50. The highest BCUT2D eigenvalue weighted by Crippen LogP contribution is 2.33. The van der Waals surface area contributed by atoms with Crippen molar-refractivity contribution in [2.24, 2.45) is 0 Å². The maximum Gasteiger partial charge on any atom is 0.255 e. The van der Waals surface area contributed by atoms with E-state index in [4.69, 9.17) is 4.74 Å². The van der Waals surface area contributed by atoms with Gasteiger partial charge in [-0.25, -0.2) is 21.6 Å². The molecule has 0 aromatic heterocycles. The van der Waals surface area contributed by atoms with E-state index in [1.54, 1.807) is 30.3 Å². The van der Waals surface area contributed by atoms with Gasteiger partial charge in [0.05, 0.1) is 18.6 Å². The van der Waals surface area contributed by atoms with Crippen LogP contribution in [0.25, 0.3) is 11.1 Å². The third-order valence-corrected chi connectivity index (χ3v) is 7.00. The van der Waals surface area contributed by atoms with Gasteiger partial charge in [0, 0.05) is 49.3 Å². The predicted octanol–water partition coefficient (Wildman–Crippen LogP) is 5.32. The van der Waals surface area contributed by atoms with Gasteiger partial charge in [-0.15, -0.1) is 0 Å². The van der Waals surface area contributed by atoms with Crippen LogP contribution < -0.4 is 14.8 Å². The highest BCUT2D eigenvalue weighted by Gasteiger charge is 2.33. The van der Waals surface area contributed by atoms with E-state index in [0.717, 1.165) is 6.26 Å². The number of benzene rings is 3. The molecule has 3 N–H and O–H groups in total. The van der Waals surface area contributed by atoms with Gasteiger partial charge in [0.2, 0.25) is 10.0 Å². The average Bonchev–Trinajstić information content (AvgIpc) is 2.89.